The summed E-state index contributed by atoms with van der Waals surface area (Å²) in [5.41, 5.74) is 1.34. The average Bonchev–Trinajstić information content (AvgIpc) is 3.01. The molecule has 24 heavy (non-hydrogen) atoms. The first-order chi connectivity index (χ1) is 11.6. The number of carboxylic acid groups (broad SMARTS) is 1. The predicted octanol–water partition coefficient (Wildman–Crippen LogP) is 3.25. The van der Waals surface area contributed by atoms with Crippen LogP contribution >= 0.6 is 0 Å². The molecule has 0 unspecified atom stereocenters. The number of hydrogen-bond donors (Lipinski definition) is 2. The summed E-state index contributed by atoms with van der Waals surface area (Å²) >= 11 is 0. The van der Waals surface area contributed by atoms with E-state index >= 15 is 0 Å². The molecule has 0 aliphatic heterocycles. The Balaban J connectivity index is 1.89. The summed E-state index contributed by atoms with van der Waals surface area (Å²) in [6.45, 7) is -2.80. The second kappa shape index (κ2) is 6.53. The lowest BCUT2D eigenvalue weighted by Crippen LogP contribution is -2.12. The molecule has 8 heteroatoms. The van der Waals surface area contributed by atoms with E-state index in [0.717, 1.165) is 0 Å². The molecule has 6 nitrogen and oxygen atoms in total. The van der Waals surface area contributed by atoms with Crippen LogP contribution in [0.25, 0.3) is 5.65 Å². The molecule has 2 heterocycles. The molecule has 0 aliphatic carbocycles. The maximum absolute atomic E-state index is 12.4. The van der Waals surface area contributed by atoms with Crippen molar-refractivity contribution >= 4 is 17.3 Å². The van der Waals surface area contributed by atoms with Gasteiger partial charge in [-0.1, -0.05) is 18.2 Å². The number of halogens is 2. The maximum Gasteiger partial charge on any atom is 0.387 e. The van der Waals surface area contributed by atoms with Crippen molar-refractivity contribution in [3.63, 3.8) is 0 Å². The fraction of sp³-hybridized carbons (Fsp3) is 0.125. The van der Waals surface area contributed by atoms with Crippen LogP contribution in [-0.4, -0.2) is 27.1 Å². The van der Waals surface area contributed by atoms with Gasteiger partial charge in [-0.3, -0.25) is 4.40 Å². The number of alkyl halides is 2. The Labute approximate surface area is 135 Å². The Morgan fingerprint density at radius 3 is 2.83 bits per heavy atom. The van der Waals surface area contributed by atoms with Gasteiger partial charge in [-0.15, -0.1) is 0 Å². The lowest BCUT2D eigenvalue weighted by Gasteiger charge is -2.14. The summed E-state index contributed by atoms with van der Waals surface area (Å²) in [5.74, 6) is -1.08. The van der Waals surface area contributed by atoms with Gasteiger partial charge in [0.2, 0.25) is 0 Å². The minimum atomic E-state index is -2.93. The van der Waals surface area contributed by atoms with Crippen LogP contribution < -0.4 is 10.1 Å². The molecule has 0 aliphatic rings. The van der Waals surface area contributed by atoms with E-state index in [-0.39, 0.29) is 18.0 Å². The number of nitrogens with one attached hydrogen (secondary N) is 1. The summed E-state index contributed by atoms with van der Waals surface area (Å²) in [4.78, 5) is 15.6. The molecule has 0 saturated heterocycles. The maximum atomic E-state index is 12.4. The molecule has 2 N–H and O–H groups in total. The highest BCUT2D eigenvalue weighted by molar-refractivity contribution is 5.93. The third kappa shape index (κ3) is 3.12. The van der Waals surface area contributed by atoms with Crippen molar-refractivity contribution in [3.8, 4) is 5.75 Å². The van der Waals surface area contributed by atoms with Gasteiger partial charge >= 0.3 is 12.6 Å². The first-order valence-electron chi connectivity index (χ1n) is 7.02. The van der Waals surface area contributed by atoms with Gasteiger partial charge in [0.25, 0.3) is 0 Å². The highest BCUT2D eigenvalue weighted by atomic mass is 19.3. The standard InChI is InChI=1S/C16H13F2N3O3/c17-16(18)24-12-4-2-1-3-10(12)9-20-11-5-6-13-19-7-8-21(13)14(11)15(22)23/h1-8,16,20H,9H2,(H,22,23). The number of ether oxygens (including phenoxy) is 1. The lowest BCUT2D eigenvalue weighted by atomic mass is 10.2. The highest BCUT2D eigenvalue weighted by Gasteiger charge is 2.16. The van der Waals surface area contributed by atoms with E-state index < -0.39 is 12.6 Å². The number of para-hydroxylation sites is 1. The highest BCUT2D eigenvalue weighted by Crippen LogP contribution is 2.23. The minimum Gasteiger partial charge on any atom is -0.476 e. The molecule has 1 aromatic carbocycles. The van der Waals surface area contributed by atoms with E-state index in [9.17, 15) is 18.7 Å². The zero-order chi connectivity index (χ0) is 17.1. The Bertz CT molecular complexity index is 880. The van der Waals surface area contributed by atoms with Gasteiger partial charge < -0.3 is 15.2 Å². The first kappa shape index (κ1) is 15.7. The SMILES string of the molecule is O=C(O)c1c(NCc2ccccc2OC(F)F)ccc2nccn12. The second-order valence-corrected chi connectivity index (χ2v) is 4.90. The minimum absolute atomic E-state index is 0.0114. The molecular weight excluding hydrogens is 320 g/mol. The number of nitrogens with zero attached hydrogens (tertiary/aromatic N) is 2. The molecule has 0 saturated carbocycles. The van der Waals surface area contributed by atoms with Crippen LogP contribution in [0.2, 0.25) is 0 Å². The van der Waals surface area contributed by atoms with Crippen LogP contribution in [0.3, 0.4) is 0 Å². The van der Waals surface area contributed by atoms with Gasteiger partial charge in [-0.05, 0) is 18.2 Å². The van der Waals surface area contributed by atoms with E-state index in [0.29, 0.717) is 16.9 Å². The number of carboxylic acids is 1. The van der Waals surface area contributed by atoms with Crippen molar-refractivity contribution in [2.45, 2.75) is 13.2 Å². The van der Waals surface area contributed by atoms with Crippen LogP contribution in [0.15, 0.2) is 48.8 Å². The molecule has 2 aromatic heterocycles. The van der Waals surface area contributed by atoms with Crippen molar-refractivity contribution in [3.05, 3.63) is 60.0 Å². The summed E-state index contributed by atoms with van der Waals surface area (Å²) in [7, 11) is 0. The molecule has 0 spiro atoms. The number of aromatic carboxylic acids is 1. The van der Waals surface area contributed by atoms with Crippen molar-refractivity contribution in [1.82, 2.24) is 9.38 Å². The number of carbonyl (C=O) groups is 1. The van der Waals surface area contributed by atoms with Crippen molar-refractivity contribution in [2.75, 3.05) is 5.32 Å². The fourth-order valence-corrected chi connectivity index (χ4v) is 2.41. The zero-order valence-corrected chi connectivity index (χ0v) is 12.3. The number of hydrogen-bond acceptors (Lipinski definition) is 4. The van der Waals surface area contributed by atoms with Crippen LogP contribution in [0.1, 0.15) is 16.1 Å². The van der Waals surface area contributed by atoms with Crippen LogP contribution in [0, 0.1) is 0 Å². The number of pyridine rings is 1. The third-order valence-electron chi connectivity index (χ3n) is 3.42. The van der Waals surface area contributed by atoms with Crippen molar-refractivity contribution < 1.29 is 23.4 Å². The van der Waals surface area contributed by atoms with Gasteiger partial charge in [0.1, 0.15) is 11.4 Å². The van der Waals surface area contributed by atoms with E-state index in [4.69, 9.17) is 0 Å². The van der Waals surface area contributed by atoms with E-state index in [1.54, 1.807) is 30.3 Å². The normalized spacial score (nSPS) is 11.0. The van der Waals surface area contributed by atoms with Gasteiger partial charge in [0.15, 0.2) is 5.69 Å². The molecule has 124 valence electrons. The molecule has 0 radical (unpaired) electrons. The monoisotopic (exact) mass is 333 g/mol. The van der Waals surface area contributed by atoms with Crippen molar-refractivity contribution in [2.24, 2.45) is 0 Å². The van der Waals surface area contributed by atoms with Crippen LogP contribution in [0.5, 0.6) is 5.75 Å². The van der Waals surface area contributed by atoms with E-state index in [1.165, 1.54) is 22.9 Å². The molecule has 0 atom stereocenters. The van der Waals surface area contributed by atoms with Crippen LogP contribution in [0.4, 0.5) is 14.5 Å². The second-order valence-electron chi connectivity index (χ2n) is 4.90. The molecule has 3 rings (SSSR count). The molecule has 0 amide bonds. The third-order valence-corrected chi connectivity index (χ3v) is 3.42. The van der Waals surface area contributed by atoms with E-state index in [1.807, 2.05) is 0 Å². The number of rotatable bonds is 6. The number of anilines is 1. The average molecular weight is 333 g/mol. The van der Waals surface area contributed by atoms with Gasteiger partial charge in [-0.25, -0.2) is 9.78 Å². The van der Waals surface area contributed by atoms with Gasteiger partial charge in [0.05, 0.1) is 5.69 Å². The predicted molar refractivity (Wildman–Crippen MR) is 82.6 cm³/mol. The summed E-state index contributed by atoms with van der Waals surface area (Å²) in [5, 5.41) is 12.4. The number of aromatic nitrogens is 2. The van der Waals surface area contributed by atoms with Crippen molar-refractivity contribution in [1.29, 1.82) is 0 Å². The molecular formula is C16H13F2N3O3. The van der Waals surface area contributed by atoms with Crippen LogP contribution in [-0.2, 0) is 6.54 Å². The largest absolute Gasteiger partial charge is 0.476 e. The summed E-state index contributed by atoms with van der Waals surface area (Å²) in [6.07, 6.45) is 3.04. The number of benzene rings is 1. The topological polar surface area (TPSA) is 75.9 Å². The summed E-state index contributed by atoms with van der Waals surface area (Å²) < 4.78 is 30.8. The van der Waals surface area contributed by atoms with Gasteiger partial charge in [-0.2, -0.15) is 8.78 Å². The fourth-order valence-electron chi connectivity index (χ4n) is 2.41. The zero-order valence-electron chi connectivity index (χ0n) is 12.3. The quantitative estimate of drug-likeness (QED) is 0.724. The molecule has 0 bridgehead atoms. The first-order valence-corrected chi connectivity index (χ1v) is 7.02. The Hall–Kier alpha value is -3.16. The lowest BCUT2D eigenvalue weighted by molar-refractivity contribution is -0.0504. The van der Waals surface area contributed by atoms with E-state index in [2.05, 4.69) is 15.0 Å². The Morgan fingerprint density at radius 2 is 2.08 bits per heavy atom. The number of imidazole rings is 1. The molecule has 3 aromatic rings. The smallest absolute Gasteiger partial charge is 0.387 e. The molecule has 0 fully saturated rings. The summed E-state index contributed by atoms with van der Waals surface area (Å²) in [6, 6.07) is 9.58. The Kier molecular flexibility index (Phi) is 4.28. The van der Waals surface area contributed by atoms with Gasteiger partial charge in [0, 0.05) is 24.5 Å². The Morgan fingerprint density at radius 1 is 1.29 bits per heavy atom. The number of fused-ring (bicyclic) bond motifs is 1.